The average Bonchev–Trinajstić information content (AvgIpc) is 3.13. The number of hydrogen-bond donors (Lipinski definition) is 1. The summed E-state index contributed by atoms with van der Waals surface area (Å²) < 4.78 is 12.1. The fourth-order valence-corrected chi connectivity index (χ4v) is 3.19. The third-order valence-corrected chi connectivity index (χ3v) is 4.52. The van der Waals surface area contributed by atoms with Crippen LogP contribution in [0.5, 0.6) is 0 Å². The van der Waals surface area contributed by atoms with E-state index in [1.54, 1.807) is 53.7 Å². The summed E-state index contributed by atoms with van der Waals surface area (Å²) in [6.07, 6.45) is 0.0622. The molecule has 0 saturated heterocycles. The molecule has 7 nitrogen and oxygen atoms in total. The highest BCUT2D eigenvalue weighted by atomic mass is 35.5. The molecule has 0 aliphatic rings. The van der Waals surface area contributed by atoms with Crippen molar-refractivity contribution in [3.8, 4) is 23.1 Å². The summed E-state index contributed by atoms with van der Waals surface area (Å²) in [6.45, 7) is 10.5. The molecule has 1 N–H and O–H groups in total. The second-order valence-electron chi connectivity index (χ2n) is 9.75. The van der Waals surface area contributed by atoms with Crippen LogP contribution < -0.4 is 5.32 Å². The highest BCUT2D eigenvalue weighted by Gasteiger charge is 2.26. The van der Waals surface area contributed by atoms with Gasteiger partial charge in [0.1, 0.15) is 11.2 Å². The van der Waals surface area contributed by atoms with E-state index < -0.39 is 23.4 Å². The molecular weight excluding hydrogens is 466 g/mol. The zero-order valence-corrected chi connectivity index (χ0v) is 21.4. The third-order valence-electron chi connectivity index (χ3n) is 4.28. The summed E-state index contributed by atoms with van der Waals surface area (Å²) in [5, 5.41) is 3.15. The molecule has 0 atom stereocenters. The van der Waals surface area contributed by atoms with E-state index in [-0.39, 0.29) is 5.95 Å². The third kappa shape index (κ3) is 7.62. The van der Waals surface area contributed by atoms with Gasteiger partial charge < -0.3 is 9.47 Å². The van der Waals surface area contributed by atoms with Crippen molar-refractivity contribution in [3.05, 3.63) is 70.9 Å². The van der Waals surface area contributed by atoms with Crippen LogP contribution in [0.2, 0.25) is 5.02 Å². The minimum atomic E-state index is -0.758. The van der Waals surface area contributed by atoms with Gasteiger partial charge in [0.05, 0.1) is 11.9 Å². The Balaban J connectivity index is 1.99. The number of carbonyl (C=O) groups excluding carboxylic acids is 2. The normalized spacial score (nSPS) is 11.3. The predicted molar refractivity (Wildman–Crippen MR) is 137 cm³/mol. The van der Waals surface area contributed by atoms with Gasteiger partial charge in [-0.05, 0) is 71.9 Å². The summed E-state index contributed by atoms with van der Waals surface area (Å²) in [4.78, 5) is 29.7. The van der Waals surface area contributed by atoms with E-state index in [0.29, 0.717) is 16.3 Å². The molecule has 0 unspecified atom stereocenters. The number of carbonyl (C=O) groups is 2. The second kappa shape index (κ2) is 10.2. The van der Waals surface area contributed by atoms with Gasteiger partial charge in [0.15, 0.2) is 0 Å². The fraction of sp³-hybridized carbons (Fsp3) is 0.296. The quantitative estimate of drug-likeness (QED) is 0.400. The molecular formula is C27H28ClN3O4. The molecule has 0 fully saturated rings. The van der Waals surface area contributed by atoms with Crippen molar-refractivity contribution in [1.82, 2.24) is 9.55 Å². The lowest BCUT2D eigenvalue weighted by Crippen LogP contribution is -2.31. The number of anilines is 1. The number of halogens is 1. The minimum Gasteiger partial charge on any atom is -0.444 e. The number of rotatable bonds is 2. The lowest BCUT2D eigenvalue weighted by molar-refractivity contribution is 0.0542. The molecule has 3 rings (SSSR count). The smallest absolute Gasteiger partial charge is 0.421 e. The topological polar surface area (TPSA) is 82.5 Å². The van der Waals surface area contributed by atoms with Crippen LogP contribution in [0.25, 0.3) is 11.3 Å². The van der Waals surface area contributed by atoms with Gasteiger partial charge in [-0.1, -0.05) is 41.6 Å². The van der Waals surface area contributed by atoms with E-state index in [4.69, 9.17) is 21.1 Å². The maximum Gasteiger partial charge on any atom is 0.421 e. The zero-order valence-electron chi connectivity index (χ0n) is 20.6. The molecule has 1 heterocycles. The molecule has 0 aliphatic carbocycles. The monoisotopic (exact) mass is 493 g/mol. The lowest BCUT2D eigenvalue weighted by Gasteiger charge is -2.22. The number of nitrogens with zero attached hydrogens (tertiary/aromatic N) is 2. The highest BCUT2D eigenvalue weighted by Crippen LogP contribution is 2.26. The number of ether oxygens (including phenoxy) is 2. The van der Waals surface area contributed by atoms with Crippen molar-refractivity contribution < 1.29 is 19.1 Å². The van der Waals surface area contributed by atoms with Crippen molar-refractivity contribution in [2.75, 3.05) is 5.32 Å². The van der Waals surface area contributed by atoms with Crippen LogP contribution in [0.3, 0.4) is 0 Å². The summed E-state index contributed by atoms with van der Waals surface area (Å²) in [7, 11) is 0. The molecule has 35 heavy (non-hydrogen) atoms. The second-order valence-corrected chi connectivity index (χ2v) is 10.2. The van der Waals surface area contributed by atoms with Crippen molar-refractivity contribution >= 4 is 29.7 Å². The Morgan fingerprint density at radius 3 is 2.11 bits per heavy atom. The Labute approximate surface area is 210 Å². The lowest BCUT2D eigenvalue weighted by atomic mass is 10.1. The number of benzene rings is 2. The summed E-state index contributed by atoms with van der Waals surface area (Å²) in [5.74, 6) is 6.17. The fourth-order valence-electron chi connectivity index (χ4n) is 3.00. The van der Waals surface area contributed by atoms with Gasteiger partial charge in [-0.15, -0.1) is 0 Å². The van der Waals surface area contributed by atoms with Gasteiger partial charge in [-0.25, -0.2) is 19.1 Å². The minimum absolute atomic E-state index is 0.0149. The average molecular weight is 494 g/mol. The van der Waals surface area contributed by atoms with E-state index in [1.165, 1.54) is 10.8 Å². The standard InChI is InChI=1S/C27H28ClN3O4/c1-26(2,3)34-24(32)30-23-29-17-22(31(23)25(33)35-27(4,5)6)20-11-7-9-18(15-20)13-14-19-10-8-12-21(28)16-19/h7-12,15-17H,1-6H3,(H,29,30,32). The highest BCUT2D eigenvalue weighted by molar-refractivity contribution is 6.30. The molecule has 0 spiro atoms. The van der Waals surface area contributed by atoms with Crippen molar-refractivity contribution in [2.24, 2.45) is 0 Å². The number of imidazole rings is 1. The van der Waals surface area contributed by atoms with Crippen LogP contribution in [0, 0.1) is 11.8 Å². The number of nitrogens with one attached hydrogen (secondary N) is 1. The zero-order chi connectivity index (χ0) is 25.8. The van der Waals surface area contributed by atoms with Crippen LogP contribution in [0.15, 0.2) is 54.7 Å². The first kappa shape index (κ1) is 25.9. The van der Waals surface area contributed by atoms with Gasteiger partial charge in [0.25, 0.3) is 0 Å². The Hall–Kier alpha value is -3.76. The SMILES string of the molecule is CC(C)(C)OC(=O)Nc1ncc(-c2cccc(C#Cc3cccc(Cl)c3)c2)n1C(=O)OC(C)(C)C. The van der Waals surface area contributed by atoms with Crippen molar-refractivity contribution in [1.29, 1.82) is 0 Å². The Morgan fingerprint density at radius 1 is 0.914 bits per heavy atom. The van der Waals surface area contributed by atoms with Crippen LogP contribution in [0.4, 0.5) is 15.5 Å². The predicted octanol–water partition coefficient (Wildman–Crippen LogP) is 6.73. The van der Waals surface area contributed by atoms with Crippen molar-refractivity contribution in [3.63, 3.8) is 0 Å². The Morgan fingerprint density at radius 2 is 1.51 bits per heavy atom. The number of aromatic nitrogens is 2. The van der Waals surface area contributed by atoms with Gasteiger partial charge >= 0.3 is 12.2 Å². The van der Waals surface area contributed by atoms with E-state index >= 15 is 0 Å². The van der Waals surface area contributed by atoms with Crippen LogP contribution in [0.1, 0.15) is 52.7 Å². The van der Waals surface area contributed by atoms with Crippen LogP contribution in [-0.2, 0) is 9.47 Å². The van der Waals surface area contributed by atoms with E-state index in [1.807, 2.05) is 36.4 Å². The molecule has 1 aromatic heterocycles. The maximum atomic E-state index is 13.1. The largest absolute Gasteiger partial charge is 0.444 e. The van der Waals surface area contributed by atoms with Gasteiger partial charge in [-0.3, -0.25) is 5.32 Å². The molecule has 0 aliphatic heterocycles. The molecule has 2 aromatic carbocycles. The summed E-state index contributed by atoms with van der Waals surface area (Å²) in [5.41, 5.74) is 1.13. The van der Waals surface area contributed by atoms with Gasteiger partial charge in [-0.2, -0.15) is 0 Å². The molecule has 0 radical (unpaired) electrons. The van der Waals surface area contributed by atoms with Crippen molar-refractivity contribution in [2.45, 2.75) is 52.7 Å². The first-order chi connectivity index (χ1) is 16.3. The molecule has 1 amide bonds. The van der Waals surface area contributed by atoms with Crippen LogP contribution >= 0.6 is 11.6 Å². The molecule has 3 aromatic rings. The first-order valence-electron chi connectivity index (χ1n) is 11.0. The number of amides is 1. The Kier molecular flexibility index (Phi) is 7.57. The Bertz CT molecular complexity index is 1300. The van der Waals surface area contributed by atoms with E-state index in [2.05, 4.69) is 22.1 Å². The summed E-state index contributed by atoms with van der Waals surface area (Å²) in [6, 6.07) is 14.6. The molecule has 0 bridgehead atoms. The van der Waals surface area contributed by atoms with E-state index in [9.17, 15) is 9.59 Å². The molecule has 0 saturated carbocycles. The van der Waals surface area contributed by atoms with E-state index in [0.717, 1.165) is 11.1 Å². The van der Waals surface area contributed by atoms with Gasteiger partial charge in [0.2, 0.25) is 5.95 Å². The molecule has 8 heteroatoms. The maximum absolute atomic E-state index is 13.1. The molecule has 182 valence electrons. The first-order valence-corrected chi connectivity index (χ1v) is 11.4. The summed E-state index contributed by atoms with van der Waals surface area (Å²) >= 11 is 6.04. The van der Waals surface area contributed by atoms with Gasteiger partial charge in [0, 0.05) is 21.7 Å². The number of hydrogen-bond acceptors (Lipinski definition) is 5. The van der Waals surface area contributed by atoms with Crippen LogP contribution in [-0.4, -0.2) is 32.9 Å².